The highest BCUT2D eigenvalue weighted by Crippen LogP contribution is 2.33. The van der Waals surface area contributed by atoms with E-state index in [1.807, 2.05) is 40.1 Å². The van der Waals surface area contributed by atoms with E-state index in [1.165, 1.54) is 0 Å². The fourth-order valence-corrected chi connectivity index (χ4v) is 6.56. The summed E-state index contributed by atoms with van der Waals surface area (Å²) in [4.78, 5) is 70.3. The minimum absolute atomic E-state index is 0.0501. The zero-order valence-corrected chi connectivity index (χ0v) is 23.6. The lowest BCUT2D eigenvalue weighted by Crippen LogP contribution is -2.54. The predicted molar refractivity (Wildman–Crippen MR) is 151 cm³/mol. The molecule has 3 fully saturated rings. The molecule has 40 heavy (non-hydrogen) atoms. The SMILES string of the molecule is O=C1CCC(N2C(=O)c3ccc(N4CCC(CN5CCCN(c6cccc(Br)c6)C5=O)CC4)cc3C2=O)C(=O)N1. The van der Waals surface area contributed by atoms with Gasteiger partial charge in [-0.3, -0.25) is 34.3 Å². The molecule has 6 amide bonds. The Morgan fingerprint density at radius 3 is 2.35 bits per heavy atom. The van der Waals surface area contributed by atoms with E-state index >= 15 is 0 Å². The monoisotopic (exact) mass is 607 g/mol. The summed E-state index contributed by atoms with van der Waals surface area (Å²) < 4.78 is 0.948. The van der Waals surface area contributed by atoms with Gasteiger partial charge < -0.3 is 9.80 Å². The van der Waals surface area contributed by atoms with Gasteiger partial charge in [0.1, 0.15) is 6.04 Å². The Hall–Kier alpha value is -3.73. The third kappa shape index (κ3) is 4.87. The van der Waals surface area contributed by atoms with Crippen LogP contribution in [-0.2, 0) is 9.59 Å². The summed E-state index contributed by atoms with van der Waals surface area (Å²) in [5.41, 5.74) is 2.34. The lowest BCUT2D eigenvalue weighted by atomic mass is 9.95. The second-order valence-electron chi connectivity index (χ2n) is 10.8. The topological polar surface area (TPSA) is 110 Å². The molecule has 1 N–H and O–H groups in total. The van der Waals surface area contributed by atoms with Crippen molar-refractivity contribution >= 4 is 57.0 Å². The molecular formula is C29H30BrN5O5. The third-order valence-electron chi connectivity index (χ3n) is 8.31. The van der Waals surface area contributed by atoms with Crippen LogP contribution in [0.25, 0.3) is 0 Å². The van der Waals surface area contributed by atoms with Gasteiger partial charge >= 0.3 is 6.03 Å². The Kier molecular flexibility index (Phi) is 7.07. The maximum atomic E-state index is 13.3. The summed E-state index contributed by atoms with van der Waals surface area (Å²) in [6.45, 7) is 3.74. The molecule has 2 aromatic rings. The number of imide groups is 2. The van der Waals surface area contributed by atoms with Gasteiger partial charge in [-0.25, -0.2) is 4.79 Å². The summed E-state index contributed by atoms with van der Waals surface area (Å²) in [5, 5.41) is 2.22. The van der Waals surface area contributed by atoms with E-state index in [4.69, 9.17) is 0 Å². The van der Waals surface area contributed by atoms with Crippen molar-refractivity contribution in [3.05, 3.63) is 58.1 Å². The standard InChI is InChI=1S/C29H30BrN5O5/c30-19-3-1-4-21(15-19)34-12-2-11-33(29(34)40)17-18-9-13-32(14-10-18)20-5-6-22-23(16-20)28(39)35(27(22)38)24-7-8-25(36)31-26(24)37/h1,3-6,15-16,18,24H,2,7-14,17H2,(H,31,36,37). The molecule has 1 atom stereocenters. The maximum Gasteiger partial charge on any atom is 0.324 e. The van der Waals surface area contributed by atoms with E-state index < -0.39 is 29.7 Å². The Labute approximate surface area is 240 Å². The molecular weight excluding hydrogens is 578 g/mol. The van der Waals surface area contributed by atoms with Crippen molar-refractivity contribution in [2.75, 3.05) is 42.5 Å². The highest BCUT2D eigenvalue weighted by molar-refractivity contribution is 9.10. The summed E-state index contributed by atoms with van der Waals surface area (Å²) in [6.07, 6.45) is 2.97. The molecule has 10 nitrogen and oxygen atoms in total. The molecule has 0 aliphatic carbocycles. The van der Waals surface area contributed by atoms with E-state index in [-0.39, 0.29) is 24.4 Å². The van der Waals surface area contributed by atoms with Crippen LogP contribution in [0.2, 0.25) is 0 Å². The highest BCUT2D eigenvalue weighted by Gasteiger charge is 2.44. The summed E-state index contributed by atoms with van der Waals surface area (Å²) in [7, 11) is 0. The van der Waals surface area contributed by atoms with Crippen LogP contribution in [0.3, 0.4) is 0 Å². The van der Waals surface area contributed by atoms with Gasteiger partial charge in [0.05, 0.1) is 11.1 Å². The van der Waals surface area contributed by atoms with Crippen LogP contribution in [0.15, 0.2) is 46.9 Å². The van der Waals surface area contributed by atoms with Crippen LogP contribution in [-0.4, -0.2) is 78.2 Å². The molecule has 2 aromatic carbocycles. The number of halogens is 1. The lowest BCUT2D eigenvalue weighted by Gasteiger charge is -2.40. The number of anilines is 2. The van der Waals surface area contributed by atoms with Gasteiger partial charge in [0.2, 0.25) is 11.8 Å². The summed E-state index contributed by atoms with van der Waals surface area (Å²) in [5.74, 6) is -1.62. The van der Waals surface area contributed by atoms with E-state index in [0.717, 1.165) is 66.2 Å². The van der Waals surface area contributed by atoms with Gasteiger partial charge in [-0.2, -0.15) is 0 Å². The van der Waals surface area contributed by atoms with Crippen LogP contribution >= 0.6 is 15.9 Å². The van der Waals surface area contributed by atoms with Crippen molar-refractivity contribution in [2.24, 2.45) is 5.92 Å². The van der Waals surface area contributed by atoms with E-state index in [1.54, 1.807) is 12.1 Å². The van der Waals surface area contributed by atoms with Crippen molar-refractivity contribution in [2.45, 2.75) is 38.1 Å². The first-order valence-electron chi connectivity index (χ1n) is 13.7. The molecule has 4 aliphatic rings. The summed E-state index contributed by atoms with van der Waals surface area (Å²) >= 11 is 3.50. The third-order valence-corrected chi connectivity index (χ3v) is 8.81. The fourth-order valence-electron chi connectivity index (χ4n) is 6.18. The minimum Gasteiger partial charge on any atom is -0.371 e. The van der Waals surface area contributed by atoms with Crippen LogP contribution in [0.4, 0.5) is 16.2 Å². The summed E-state index contributed by atoms with van der Waals surface area (Å²) in [6, 6.07) is 12.2. The molecule has 0 saturated carbocycles. The van der Waals surface area contributed by atoms with Crippen LogP contribution in [0.1, 0.15) is 52.8 Å². The Morgan fingerprint density at radius 2 is 1.60 bits per heavy atom. The Bertz CT molecular complexity index is 1400. The lowest BCUT2D eigenvalue weighted by molar-refractivity contribution is -0.136. The molecule has 208 valence electrons. The number of rotatable bonds is 5. The molecule has 1 unspecified atom stereocenters. The predicted octanol–water partition coefficient (Wildman–Crippen LogP) is 3.40. The molecule has 4 aliphatic heterocycles. The largest absolute Gasteiger partial charge is 0.371 e. The number of amides is 6. The first-order chi connectivity index (χ1) is 19.3. The number of hydrogen-bond acceptors (Lipinski definition) is 6. The smallest absolute Gasteiger partial charge is 0.324 e. The van der Waals surface area contributed by atoms with Crippen LogP contribution in [0.5, 0.6) is 0 Å². The van der Waals surface area contributed by atoms with Gasteiger partial charge in [-0.15, -0.1) is 0 Å². The minimum atomic E-state index is -0.971. The zero-order valence-electron chi connectivity index (χ0n) is 22.0. The first kappa shape index (κ1) is 26.5. The first-order valence-corrected chi connectivity index (χ1v) is 14.5. The van der Waals surface area contributed by atoms with E-state index in [9.17, 15) is 24.0 Å². The molecule has 4 heterocycles. The number of fused-ring (bicyclic) bond motifs is 1. The molecule has 0 radical (unpaired) electrons. The molecule has 0 bridgehead atoms. The molecule has 0 aromatic heterocycles. The van der Waals surface area contributed by atoms with Gasteiger partial charge in [0.15, 0.2) is 0 Å². The number of carbonyl (C=O) groups is 5. The van der Waals surface area contributed by atoms with Crippen LogP contribution < -0.4 is 15.1 Å². The van der Waals surface area contributed by atoms with Gasteiger partial charge in [0.25, 0.3) is 11.8 Å². The highest BCUT2D eigenvalue weighted by atomic mass is 79.9. The van der Waals surface area contributed by atoms with Crippen molar-refractivity contribution in [3.8, 4) is 0 Å². The zero-order chi connectivity index (χ0) is 28.0. The maximum absolute atomic E-state index is 13.3. The molecule has 3 saturated heterocycles. The second-order valence-corrected chi connectivity index (χ2v) is 11.7. The van der Waals surface area contributed by atoms with Crippen molar-refractivity contribution in [1.82, 2.24) is 15.1 Å². The normalized spacial score (nSPS) is 22.2. The Balaban J connectivity index is 1.08. The average Bonchev–Trinajstić information content (AvgIpc) is 3.19. The van der Waals surface area contributed by atoms with Gasteiger partial charge in [-0.1, -0.05) is 22.0 Å². The van der Waals surface area contributed by atoms with E-state index in [2.05, 4.69) is 26.1 Å². The number of nitrogens with one attached hydrogen (secondary N) is 1. The molecule has 0 spiro atoms. The second kappa shape index (κ2) is 10.7. The van der Waals surface area contributed by atoms with Gasteiger partial charge in [0, 0.05) is 55.0 Å². The van der Waals surface area contributed by atoms with E-state index in [0.29, 0.717) is 18.0 Å². The molecule has 6 rings (SSSR count). The number of nitrogens with zero attached hydrogens (tertiary/aromatic N) is 4. The number of urea groups is 1. The quantitative estimate of drug-likeness (QED) is 0.522. The fraction of sp³-hybridized carbons (Fsp3) is 0.414. The number of benzene rings is 2. The van der Waals surface area contributed by atoms with Crippen molar-refractivity contribution in [1.29, 1.82) is 0 Å². The number of piperidine rings is 2. The molecule has 11 heteroatoms. The van der Waals surface area contributed by atoms with Gasteiger partial charge in [-0.05, 0) is 68.0 Å². The average molecular weight is 608 g/mol. The van der Waals surface area contributed by atoms with Crippen molar-refractivity contribution in [3.63, 3.8) is 0 Å². The van der Waals surface area contributed by atoms with Crippen LogP contribution in [0, 0.1) is 5.92 Å². The Morgan fingerprint density at radius 1 is 0.825 bits per heavy atom. The number of carbonyl (C=O) groups excluding carboxylic acids is 5. The van der Waals surface area contributed by atoms with Crippen molar-refractivity contribution < 1.29 is 24.0 Å². The number of hydrogen-bond donors (Lipinski definition) is 1.